The Morgan fingerprint density at radius 1 is 1.57 bits per heavy atom. The largest absolute Gasteiger partial charge is 0.364 e. The van der Waals surface area contributed by atoms with Crippen molar-refractivity contribution in [3.8, 4) is 0 Å². The van der Waals surface area contributed by atoms with Crippen molar-refractivity contribution in [1.29, 1.82) is 0 Å². The van der Waals surface area contributed by atoms with E-state index in [1.54, 1.807) is 0 Å². The lowest BCUT2D eigenvalue weighted by atomic mass is 10.2. The maximum absolute atomic E-state index is 3.92. The zero-order chi connectivity index (χ0) is 9.80. The van der Waals surface area contributed by atoms with E-state index in [2.05, 4.69) is 33.5 Å². The van der Waals surface area contributed by atoms with Crippen molar-refractivity contribution in [3.63, 3.8) is 0 Å². The van der Waals surface area contributed by atoms with Gasteiger partial charge in [0.2, 0.25) is 0 Å². The van der Waals surface area contributed by atoms with E-state index in [9.17, 15) is 0 Å². The molecule has 0 aromatic carbocycles. The van der Waals surface area contributed by atoms with Crippen molar-refractivity contribution < 1.29 is 0 Å². The molecule has 0 radical (unpaired) electrons. The maximum atomic E-state index is 3.92. The van der Waals surface area contributed by atoms with Crippen LogP contribution in [0.1, 0.15) is 24.2 Å². The van der Waals surface area contributed by atoms with Crippen LogP contribution in [0.5, 0.6) is 0 Å². The minimum Gasteiger partial charge on any atom is -0.364 e. The van der Waals surface area contributed by atoms with Crippen molar-refractivity contribution in [2.75, 3.05) is 0 Å². The van der Waals surface area contributed by atoms with E-state index in [1.807, 2.05) is 24.7 Å². The van der Waals surface area contributed by atoms with E-state index in [-0.39, 0.29) is 0 Å². The Hall–Kier alpha value is -1.55. The molecule has 4 heteroatoms. The van der Waals surface area contributed by atoms with E-state index in [4.69, 9.17) is 0 Å². The van der Waals surface area contributed by atoms with Crippen molar-refractivity contribution in [2.24, 2.45) is 0 Å². The predicted molar refractivity (Wildman–Crippen MR) is 54.6 cm³/mol. The number of H-pyrrole nitrogens is 2. The number of aromatic amines is 2. The zero-order valence-electron chi connectivity index (χ0n) is 8.12. The highest BCUT2D eigenvalue weighted by Gasteiger charge is 2.05. The molecule has 2 heterocycles. The standard InChI is InChI=1S/C10H14N4/c1-8(9-5-13-14-6-9)12-7-10-3-2-4-11-10/h2-6,8,11-12H,7H2,1H3,(H,13,14). The average Bonchev–Trinajstić information content (AvgIpc) is 2.87. The normalized spacial score (nSPS) is 12.9. The molecular weight excluding hydrogens is 176 g/mol. The number of hydrogen-bond acceptors (Lipinski definition) is 2. The van der Waals surface area contributed by atoms with E-state index < -0.39 is 0 Å². The summed E-state index contributed by atoms with van der Waals surface area (Å²) in [5.41, 5.74) is 2.37. The van der Waals surface area contributed by atoms with Gasteiger partial charge in [-0.25, -0.2) is 0 Å². The van der Waals surface area contributed by atoms with Gasteiger partial charge in [0.05, 0.1) is 6.20 Å². The summed E-state index contributed by atoms with van der Waals surface area (Å²) in [5.74, 6) is 0. The van der Waals surface area contributed by atoms with Crippen LogP contribution >= 0.6 is 0 Å². The van der Waals surface area contributed by atoms with Gasteiger partial charge in [0.1, 0.15) is 0 Å². The van der Waals surface area contributed by atoms with E-state index in [0.29, 0.717) is 6.04 Å². The van der Waals surface area contributed by atoms with Crippen LogP contribution in [0.2, 0.25) is 0 Å². The highest BCUT2D eigenvalue weighted by atomic mass is 15.1. The summed E-state index contributed by atoms with van der Waals surface area (Å²) in [5, 5.41) is 10.1. The minimum absolute atomic E-state index is 0.317. The quantitative estimate of drug-likeness (QED) is 0.685. The molecule has 0 aliphatic heterocycles. The van der Waals surface area contributed by atoms with Gasteiger partial charge in [-0.05, 0) is 19.1 Å². The van der Waals surface area contributed by atoms with Crippen molar-refractivity contribution in [2.45, 2.75) is 19.5 Å². The van der Waals surface area contributed by atoms with Crippen molar-refractivity contribution >= 4 is 0 Å². The Bertz CT molecular complexity index is 349. The summed E-state index contributed by atoms with van der Waals surface area (Å²) in [6.07, 6.45) is 5.68. The molecule has 4 nitrogen and oxygen atoms in total. The van der Waals surface area contributed by atoms with Gasteiger partial charge in [-0.3, -0.25) is 5.10 Å². The van der Waals surface area contributed by atoms with Gasteiger partial charge in [0.15, 0.2) is 0 Å². The van der Waals surface area contributed by atoms with Gasteiger partial charge in [-0.15, -0.1) is 0 Å². The summed E-state index contributed by atoms with van der Waals surface area (Å²) in [7, 11) is 0. The second-order valence-corrected chi connectivity index (χ2v) is 3.33. The Balaban J connectivity index is 1.87. The van der Waals surface area contributed by atoms with Gasteiger partial charge in [0.25, 0.3) is 0 Å². The highest BCUT2D eigenvalue weighted by Crippen LogP contribution is 2.09. The summed E-state index contributed by atoms with van der Waals surface area (Å²) in [6.45, 7) is 2.97. The molecule has 0 saturated heterocycles. The van der Waals surface area contributed by atoms with Gasteiger partial charge in [-0.2, -0.15) is 5.10 Å². The molecule has 0 spiro atoms. The fourth-order valence-corrected chi connectivity index (χ4v) is 1.36. The number of hydrogen-bond donors (Lipinski definition) is 3. The molecule has 2 rings (SSSR count). The van der Waals surface area contributed by atoms with Crippen LogP contribution in [0.4, 0.5) is 0 Å². The molecule has 0 amide bonds. The van der Waals surface area contributed by atoms with Crippen LogP contribution in [-0.4, -0.2) is 15.2 Å². The van der Waals surface area contributed by atoms with Gasteiger partial charge >= 0.3 is 0 Å². The molecule has 2 aromatic rings. The molecule has 3 N–H and O–H groups in total. The Kier molecular flexibility index (Phi) is 2.65. The van der Waals surface area contributed by atoms with E-state index in [1.165, 1.54) is 11.3 Å². The fraction of sp³-hybridized carbons (Fsp3) is 0.300. The topological polar surface area (TPSA) is 56.5 Å². The van der Waals surface area contributed by atoms with Crippen LogP contribution in [0.3, 0.4) is 0 Å². The molecule has 1 atom stereocenters. The van der Waals surface area contributed by atoms with Crippen LogP contribution in [0.25, 0.3) is 0 Å². The second-order valence-electron chi connectivity index (χ2n) is 3.33. The molecule has 2 aromatic heterocycles. The Morgan fingerprint density at radius 2 is 2.50 bits per heavy atom. The molecule has 14 heavy (non-hydrogen) atoms. The van der Waals surface area contributed by atoms with Crippen molar-refractivity contribution in [1.82, 2.24) is 20.5 Å². The number of nitrogens with zero attached hydrogens (tertiary/aromatic N) is 1. The first-order valence-corrected chi connectivity index (χ1v) is 4.70. The molecule has 0 aliphatic rings. The first-order chi connectivity index (χ1) is 6.86. The van der Waals surface area contributed by atoms with Crippen molar-refractivity contribution in [3.05, 3.63) is 42.0 Å². The van der Waals surface area contributed by atoms with Crippen LogP contribution in [-0.2, 0) is 6.54 Å². The minimum atomic E-state index is 0.317. The lowest BCUT2D eigenvalue weighted by molar-refractivity contribution is 0.569. The third-order valence-corrected chi connectivity index (χ3v) is 2.28. The predicted octanol–water partition coefficient (Wildman–Crippen LogP) is 1.59. The number of aromatic nitrogens is 3. The maximum Gasteiger partial charge on any atom is 0.0534 e. The van der Waals surface area contributed by atoms with Gasteiger partial charge in [-0.1, -0.05) is 0 Å². The van der Waals surface area contributed by atoms with E-state index >= 15 is 0 Å². The molecule has 74 valence electrons. The molecule has 0 bridgehead atoms. The number of rotatable bonds is 4. The van der Waals surface area contributed by atoms with Crippen LogP contribution in [0.15, 0.2) is 30.7 Å². The summed E-state index contributed by atoms with van der Waals surface area (Å²) in [4.78, 5) is 3.15. The molecular formula is C10H14N4. The number of nitrogens with one attached hydrogen (secondary N) is 3. The van der Waals surface area contributed by atoms with Crippen LogP contribution < -0.4 is 5.32 Å². The zero-order valence-corrected chi connectivity index (χ0v) is 8.12. The molecule has 1 unspecified atom stereocenters. The van der Waals surface area contributed by atoms with Crippen LogP contribution in [0, 0.1) is 0 Å². The first-order valence-electron chi connectivity index (χ1n) is 4.70. The second kappa shape index (κ2) is 4.11. The third kappa shape index (κ3) is 2.03. The lowest BCUT2D eigenvalue weighted by Gasteiger charge is -2.10. The summed E-state index contributed by atoms with van der Waals surface area (Å²) >= 11 is 0. The Labute approximate surface area is 82.7 Å². The third-order valence-electron chi connectivity index (χ3n) is 2.28. The van der Waals surface area contributed by atoms with Gasteiger partial charge < -0.3 is 10.3 Å². The average molecular weight is 190 g/mol. The highest BCUT2D eigenvalue weighted by molar-refractivity contribution is 5.09. The summed E-state index contributed by atoms with van der Waals surface area (Å²) in [6, 6.07) is 4.38. The fourth-order valence-electron chi connectivity index (χ4n) is 1.36. The lowest BCUT2D eigenvalue weighted by Crippen LogP contribution is -2.17. The smallest absolute Gasteiger partial charge is 0.0534 e. The monoisotopic (exact) mass is 190 g/mol. The van der Waals surface area contributed by atoms with Gasteiger partial charge in [0, 0.05) is 36.2 Å². The SMILES string of the molecule is CC(NCc1ccc[nH]1)c1cn[nH]c1. The molecule has 0 fully saturated rings. The first kappa shape index (κ1) is 9.02. The molecule has 0 saturated carbocycles. The Morgan fingerprint density at radius 3 is 3.14 bits per heavy atom. The van der Waals surface area contributed by atoms with E-state index in [0.717, 1.165) is 6.54 Å². The summed E-state index contributed by atoms with van der Waals surface area (Å²) < 4.78 is 0. The molecule has 0 aliphatic carbocycles.